The molecule has 0 aromatic heterocycles. The van der Waals surface area contributed by atoms with Crippen molar-refractivity contribution in [2.24, 2.45) is 5.29 Å². The summed E-state index contributed by atoms with van der Waals surface area (Å²) in [5, 5.41) is 3.24. The second-order valence-electron chi connectivity index (χ2n) is 6.02. The van der Waals surface area contributed by atoms with E-state index < -0.39 is 28.0 Å². The highest BCUT2D eigenvalue weighted by Crippen LogP contribution is 2.39. The monoisotopic (exact) mass is 418 g/mol. The van der Waals surface area contributed by atoms with Gasteiger partial charge in [0.1, 0.15) is 0 Å². The number of hydrogen-bond donors (Lipinski definition) is 0. The number of allylic oxidation sites excluding steroid dienone is 1. The Labute approximate surface area is 162 Å². The van der Waals surface area contributed by atoms with E-state index in [1.54, 1.807) is 18.2 Å². The van der Waals surface area contributed by atoms with Gasteiger partial charge >= 0.3 is 6.18 Å². The van der Waals surface area contributed by atoms with E-state index in [1.807, 2.05) is 0 Å². The summed E-state index contributed by atoms with van der Waals surface area (Å²) in [6, 6.07) is 6.77. The number of alkyl halides is 3. The van der Waals surface area contributed by atoms with E-state index in [1.165, 1.54) is 11.1 Å². The Hall–Kier alpha value is -2.12. The second-order valence-corrected chi connectivity index (χ2v) is 6.83. The van der Waals surface area contributed by atoms with Gasteiger partial charge in [0.25, 0.3) is 0 Å². The van der Waals surface area contributed by atoms with Crippen LogP contribution in [-0.4, -0.2) is 12.7 Å². The van der Waals surface area contributed by atoms with Gasteiger partial charge in [-0.1, -0.05) is 41.4 Å². The third-order valence-corrected chi connectivity index (χ3v) is 4.82. The molecule has 0 spiro atoms. The Morgan fingerprint density at radius 2 is 1.81 bits per heavy atom. The first-order chi connectivity index (χ1) is 12.7. The van der Waals surface area contributed by atoms with Gasteiger partial charge in [0.05, 0.1) is 26.9 Å². The smallest absolute Gasteiger partial charge is 0.229 e. The molecule has 0 radical (unpaired) electrons. The van der Waals surface area contributed by atoms with E-state index in [0.29, 0.717) is 24.2 Å². The number of hydrogen-bond acceptors (Lipinski definition) is 2. The van der Waals surface area contributed by atoms with Gasteiger partial charge in [-0.2, -0.15) is 13.2 Å². The number of benzene rings is 2. The maximum absolute atomic E-state index is 13.5. The molecule has 2 aromatic carbocycles. The fraction of sp³-hybridized carbons (Fsp3) is 0.222. The maximum atomic E-state index is 13.5. The molecular formula is C18H12Cl2F4N2O. The molecule has 2 aromatic rings. The van der Waals surface area contributed by atoms with Gasteiger partial charge in [-0.3, -0.25) is 0 Å². The second kappa shape index (κ2) is 7.48. The molecule has 0 saturated carbocycles. The molecule has 9 heteroatoms. The van der Waals surface area contributed by atoms with Crippen molar-refractivity contribution >= 4 is 35.0 Å². The molecule has 1 atom stereocenters. The van der Waals surface area contributed by atoms with Crippen molar-refractivity contribution < 1.29 is 17.6 Å². The largest absolute Gasteiger partial charge is 0.399 e. The fourth-order valence-electron chi connectivity index (χ4n) is 2.96. The highest BCUT2D eigenvalue weighted by molar-refractivity contribution is 6.35. The van der Waals surface area contributed by atoms with Crippen LogP contribution in [0.3, 0.4) is 0 Å². The molecule has 1 heterocycles. The lowest BCUT2D eigenvalue weighted by Crippen LogP contribution is -2.19. The first-order valence-electron chi connectivity index (χ1n) is 7.84. The summed E-state index contributed by atoms with van der Waals surface area (Å²) >= 11 is 11.3. The molecule has 142 valence electrons. The third-order valence-electron chi connectivity index (χ3n) is 4.27. The Bertz CT molecular complexity index is 892. The zero-order chi connectivity index (χ0) is 19.8. The summed E-state index contributed by atoms with van der Waals surface area (Å²) < 4.78 is 54.0. The molecule has 1 unspecified atom stereocenters. The minimum atomic E-state index is -4.62. The van der Waals surface area contributed by atoms with Crippen LogP contribution in [0, 0.1) is 10.7 Å². The van der Waals surface area contributed by atoms with Crippen molar-refractivity contribution in [3.8, 4) is 0 Å². The fourth-order valence-corrected chi connectivity index (χ4v) is 3.47. The van der Waals surface area contributed by atoms with Gasteiger partial charge in [0.15, 0.2) is 5.82 Å². The minimum Gasteiger partial charge on any atom is -0.229 e. The minimum absolute atomic E-state index is 0.257. The van der Waals surface area contributed by atoms with Crippen LogP contribution in [-0.2, 0) is 6.42 Å². The van der Waals surface area contributed by atoms with Crippen LogP contribution >= 0.6 is 23.2 Å². The zero-order valence-electron chi connectivity index (χ0n) is 13.6. The number of fused-ring (bicyclic) bond motifs is 1. The van der Waals surface area contributed by atoms with Crippen molar-refractivity contribution in [3.05, 3.63) is 73.9 Å². The Balaban J connectivity index is 1.93. The number of nitroso groups, excluding NO2 is 1. The van der Waals surface area contributed by atoms with Crippen LogP contribution in [0.1, 0.15) is 22.6 Å². The van der Waals surface area contributed by atoms with Crippen LogP contribution in [0.4, 0.5) is 23.2 Å². The molecule has 0 saturated heterocycles. The predicted molar refractivity (Wildman–Crippen MR) is 97.5 cm³/mol. The van der Waals surface area contributed by atoms with Crippen LogP contribution in [0.2, 0.25) is 10.0 Å². The van der Waals surface area contributed by atoms with Crippen LogP contribution < -0.4 is 5.01 Å². The maximum Gasteiger partial charge on any atom is 0.399 e. The SMILES string of the molecule is O=NN1CCc2cc(C=CC(c3cc(Cl)c(F)c(Cl)c3)C(F)(F)F)ccc21. The van der Waals surface area contributed by atoms with Crippen LogP contribution in [0.15, 0.2) is 41.7 Å². The van der Waals surface area contributed by atoms with Crippen molar-refractivity contribution in [1.29, 1.82) is 0 Å². The first kappa shape index (κ1) is 19.6. The molecule has 0 N–H and O–H groups in total. The lowest BCUT2D eigenvalue weighted by Gasteiger charge is -2.18. The average Bonchev–Trinajstić information content (AvgIpc) is 3.01. The summed E-state index contributed by atoms with van der Waals surface area (Å²) in [7, 11) is 0. The molecule has 0 amide bonds. The van der Waals surface area contributed by atoms with E-state index in [0.717, 1.165) is 23.8 Å². The number of rotatable bonds is 4. The molecular weight excluding hydrogens is 407 g/mol. The Morgan fingerprint density at radius 3 is 2.41 bits per heavy atom. The summed E-state index contributed by atoms with van der Waals surface area (Å²) in [6.07, 6.45) is -1.75. The Kier molecular flexibility index (Phi) is 5.44. The van der Waals surface area contributed by atoms with Crippen molar-refractivity contribution in [2.75, 3.05) is 11.6 Å². The molecule has 3 rings (SSSR count). The highest BCUT2D eigenvalue weighted by Gasteiger charge is 2.39. The van der Waals surface area contributed by atoms with Gasteiger partial charge in [0.2, 0.25) is 0 Å². The topological polar surface area (TPSA) is 32.7 Å². The molecule has 0 aliphatic carbocycles. The van der Waals surface area contributed by atoms with Crippen molar-refractivity contribution in [2.45, 2.75) is 18.5 Å². The number of nitrogens with zero attached hydrogens (tertiary/aromatic N) is 2. The highest BCUT2D eigenvalue weighted by atomic mass is 35.5. The average molecular weight is 419 g/mol. The van der Waals surface area contributed by atoms with E-state index in [9.17, 15) is 22.5 Å². The Morgan fingerprint density at radius 1 is 1.15 bits per heavy atom. The number of anilines is 1. The lowest BCUT2D eigenvalue weighted by atomic mass is 9.96. The van der Waals surface area contributed by atoms with Crippen LogP contribution in [0.5, 0.6) is 0 Å². The van der Waals surface area contributed by atoms with Crippen molar-refractivity contribution in [3.63, 3.8) is 0 Å². The van der Waals surface area contributed by atoms with E-state index in [2.05, 4.69) is 5.29 Å². The standard InChI is InChI=1S/C18H12Cl2F4N2O/c19-14-8-12(9-15(20)17(14)21)13(18(22,23)24)3-1-10-2-4-16-11(7-10)5-6-26(16)25-27/h1-4,7-9,13H,5-6H2. The lowest BCUT2D eigenvalue weighted by molar-refractivity contribution is -0.139. The quantitative estimate of drug-likeness (QED) is 0.321. The summed E-state index contributed by atoms with van der Waals surface area (Å²) in [5.41, 5.74) is 1.75. The summed E-state index contributed by atoms with van der Waals surface area (Å²) in [5.74, 6) is -2.96. The number of halogens is 6. The van der Waals surface area contributed by atoms with Crippen molar-refractivity contribution in [1.82, 2.24) is 0 Å². The van der Waals surface area contributed by atoms with E-state index >= 15 is 0 Å². The molecule has 0 bridgehead atoms. The van der Waals surface area contributed by atoms with Gasteiger partial charge in [-0.25, -0.2) is 9.40 Å². The van der Waals surface area contributed by atoms with E-state index in [-0.39, 0.29) is 5.56 Å². The summed E-state index contributed by atoms with van der Waals surface area (Å²) in [4.78, 5) is 10.7. The van der Waals surface area contributed by atoms with Gasteiger partial charge in [-0.15, -0.1) is 4.91 Å². The normalized spacial score (nSPS) is 15.3. The molecule has 1 aliphatic heterocycles. The molecule has 3 nitrogen and oxygen atoms in total. The van der Waals surface area contributed by atoms with Crippen LogP contribution in [0.25, 0.3) is 6.08 Å². The zero-order valence-corrected chi connectivity index (χ0v) is 15.1. The van der Waals surface area contributed by atoms with E-state index in [4.69, 9.17) is 23.2 Å². The molecule has 27 heavy (non-hydrogen) atoms. The predicted octanol–water partition coefficient (Wildman–Crippen LogP) is 6.54. The molecule has 0 fully saturated rings. The van der Waals surface area contributed by atoms with Gasteiger partial charge in [-0.05, 0) is 47.4 Å². The third kappa shape index (κ3) is 4.09. The molecule has 1 aliphatic rings. The first-order valence-corrected chi connectivity index (χ1v) is 8.59. The van der Waals surface area contributed by atoms with Gasteiger partial charge in [0, 0.05) is 6.54 Å². The summed E-state index contributed by atoms with van der Waals surface area (Å²) in [6.45, 7) is 0.434. The van der Waals surface area contributed by atoms with Gasteiger partial charge < -0.3 is 0 Å².